The number of fused-ring (bicyclic) bond motifs is 1. The van der Waals surface area contributed by atoms with Crippen molar-refractivity contribution in [2.45, 2.75) is 6.42 Å². The molecule has 0 aliphatic carbocycles. The quantitative estimate of drug-likeness (QED) is 0.351. The summed E-state index contributed by atoms with van der Waals surface area (Å²) in [5, 5.41) is 15.2. The van der Waals surface area contributed by atoms with Crippen LogP contribution in [-0.4, -0.2) is 30.9 Å². The van der Waals surface area contributed by atoms with Gasteiger partial charge in [0.15, 0.2) is 11.5 Å². The zero-order valence-electron chi connectivity index (χ0n) is 16.4. The molecule has 1 aliphatic heterocycles. The molecule has 1 N–H and O–H groups in total. The van der Waals surface area contributed by atoms with Crippen molar-refractivity contribution in [3.8, 4) is 28.6 Å². The van der Waals surface area contributed by atoms with Gasteiger partial charge < -0.3 is 18.6 Å². The number of furan rings is 1. The third kappa shape index (κ3) is 4.47. The van der Waals surface area contributed by atoms with Crippen molar-refractivity contribution in [1.82, 2.24) is 5.43 Å². The maximum atomic E-state index is 12.1. The molecule has 0 unspecified atom stereocenters. The van der Waals surface area contributed by atoms with Crippen molar-refractivity contribution >= 4 is 17.8 Å². The number of benzene rings is 2. The minimum Gasteiger partial charge on any atom is -0.497 e. The molecule has 2 heterocycles. The third-order valence-corrected chi connectivity index (χ3v) is 4.48. The Hall–Kier alpha value is -4.34. The molecule has 0 saturated carbocycles. The van der Waals surface area contributed by atoms with Crippen LogP contribution >= 0.6 is 0 Å². The fraction of sp³-hybridized carbons (Fsp3) is 0.143. The van der Waals surface area contributed by atoms with Crippen LogP contribution in [0, 0.1) is 10.1 Å². The SMILES string of the molecule is COc1ccc(-c2ccc(/C=N/NC(=O)Cc3ccc4c(c3)OCO4)o2)c([N+](=O)[O-])c1. The highest BCUT2D eigenvalue weighted by molar-refractivity contribution is 5.82. The zero-order chi connectivity index (χ0) is 21.8. The number of carbonyl (C=O) groups is 1. The van der Waals surface area contributed by atoms with Gasteiger partial charge >= 0.3 is 0 Å². The molecule has 0 spiro atoms. The van der Waals surface area contributed by atoms with Gasteiger partial charge in [-0.15, -0.1) is 0 Å². The van der Waals surface area contributed by atoms with E-state index in [0.717, 1.165) is 5.56 Å². The fourth-order valence-corrected chi connectivity index (χ4v) is 3.01. The minimum atomic E-state index is -0.509. The molecule has 1 amide bonds. The van der Waals surface area contributed by atoms with Gasteiger partial charge in [-0.3, -0.25) is 14.9 Å². The van der Waals surface area contributed by atoms with E-state index in [2.05, 4.69) is 10.5 Å². The molecule has 2 aromatic carbocycles. The zero-order valence-corrected chi connectivity index (χ0v) is 16.4. The molecular weight excluding hydrogens is 406 g/mol. The molecule has 158 valence electrons. The first kappa shape index (κ1) is 20.0. The largest absolute Gasteiger partial charge is 0.497 e. The van der Waals surface area contributed by atoms with Gasteiger partial charge in [0.05, 0.1) is 36.3 Å². The third-order valence-electron chi connectivity index (χ3n) is 4.48. The van der Waals surface area contributed by atoms with Gasteiger partial charge in [0.2, 0.25) is 12.7 Å². The molecule has 1 aliphatic rings. The summed E-state index contributed by atoms with van der Waals surface area (Å²) in [7, 11) is 1.43. The van der Waals surface area contributed by atoms with Crippen LogP contribution in [0.5, 0.6) is 17.2 Å². The first-order valence-corrected chi connectivity index (χ1v) is 9.16. The second-order valence-electron chi connectivity index (χ2n) is 6.50. The molecule has 0 atom stereocenters. The number of ether oxygens (including phenoxy) is 3. The lowest BCUT2D eigenvalue weighted by molar-refractivity contribution is -0.384. The molecule has 4 rings (SSSR count). The van der Waals surface area contributed by atoms with E-state index in [-0.39, 0.29) is 24.8 Å². The van der Waals surface area contributed by atoms with Crippen molar-refractivity contribution in [3.63, 3.8) is 0 Å². The maximum absolute atomic E-state index is 12.1. The Balaban J connectivity index is 1.40. The minimum absolute atomic E-state index is 0.107. The summed E-state index contributed by atoms with van der Waals surface area (Å²) < 4.78 is 21.2. The van der Waals surface area contributed by atoms with Gasteiger partial charge in [-0.05, 0) is 42.0 Å². The van der Waals surface area contributed by atoms with Crippen molar-refractivity contribution < 1.29 is 28.3 Å². The van der Waals surface area contributed by atoms with Crippen LogP contribution in [0.3, 0.4) is 0 Å². The van der Waals surface area contributed by atoms with Gasteiger partial charge in [-0.1, -0.05) is 6.07 Å². The van der Waals surface area contributed by atoms with Gasteiger partial charge in [0, 0.05) is 0 Å². The van der Waals surface area contributed by atoms with E-state index in [9.17, 15) is 14.9 Å². The molecular formula is C21H17N3O7. The highest BCUT2D eigenvalue weighted by atomic mass is 16.7. The number of hydrogen-bond acceptors (Lipinski definition) is 8. The molecule has 31 heavy (non-hydrogen) atoms. The molecule has 1 aromatic heterocycles. The average Bonchev–Trinajstić information content (AvgIpc) is 3.42. The number of hydrogen-bond donors (Lipinski definition) is 1. The summed E-state index contributed by atoms with van der Waals surface area (Å²) in [6.07, 6.45) is 1.42. The van der Waals surface area contributed by atoms with Crippen LogP contribution in [0.1, 0.15) is 11.3 Å². The van der Waals surface area contributed by atoms with Crippen molar-refractivity contribution in [3.05, 3.63) is 70.0 Å². The van der Waals surface area contributed by atoms with Crippen molar-refractivity contribution in [2.75, 3.05) is 13.9 Å². The van der Waals surface area contributed by atoms with Gasteiger partial charge in [0.25, 0.3) is 5.69 Å². The number of rotatable bonds is 7. The average molecular weight is 423 g/mol. The van der Waals surface area contributed by atoms with Crippen LogP contribution in [0.25, 0.3) is 11.3 Å². The Kier molecular flexibility index (Phi) is 5.52. The Morgan fingerprint density at radius 2 is 2.03 bits per heavy atom. The van der Waals surface area contributed by atoms with E-state index in [1.165, 1.54) is 19.4 Å². The van der Waals surface area contributed by atoms with Crippen LogP contribution in [0.4, 0.5) is 5.69 Å². The van der Waals surface area contributed by atoms with Gasteiger partial charge in [0.1, 0.15) is 17.3 Å². The molecule has 10 nitrogen and oxygen atoms in total. The predicted octanol–water partition coefficient (Wildman–Crippen LogP) is 3.28. The van der Waals surface area contributed by atoms with Crippen LogP contribution in [0.15, 0.2) is 58.0 Å². The van der Waals surface area contributed by atoms with Gasteiger partial charge in [-0.25, -0.2) is 5.43 Å². The summed E-state index contributed by atoms with van der Waals surface area (Å²) in [5.41, 5.74) is 3.33. The molecule has 0 saturated heterocycles. The highest BCUT2D eigenvalue weighted by Gasteiger charge is 2.19. The lowest BCUT2D eigenvalue weighted by Crippen LogP contribution is -2.19. The van der Waals surface area contributed by atoms with E-state index in [0.29, 0.717) is 34.3 Å². The molecule has 3 aromatic rings. The standard InChI is InChI=1S/C21H17N3O7/c1-28-14-3-5-16(17(10-14)24(26)27)18-7-4-15(31-18)11-22-23-21(25)9-13-2-6-19-20(8-13)30-12-29-19/h2-8,10-11H,9,12H2,1H3,(H,23,25)/b22-11+. The van der Waals surface area contributed by atoms with Crippen molar-refractivity contribution in [2.24, 2.45) is 5.10 Å². The Morgan fingerprint density at radius 3 is 2.84 bits per heavy atom. The topological polar surface area (TPSA) is 125 Å². The van der Waals surface area contributed by atoms with E-state index < -0.39 is 4.92 Å². The fourth-order valence-electron chi connectivity index (χ4n) is 3.01. The van der Waals surface area contributed by atoms with E-state index in [1.54, 1.807) is 42.5 Å². The van der Waals surface area contributed by atoms with Crippen molar-refractivity contribution in [1.29, 1.82) is 0 Å². The van der Waals surface area contributed by atoms with E-state index in [4.69, 9.17) is 18.6 Å². The van der Waals surface area contributed by atoms with Crippen LogP contribution in [-0.2, 0) is 11.2 Å². The normalized spacial score (nSPS) is 12.2. The maximum Gasteiger partial charge on any atom is 0.284 e. The van der Waals surface area contributed by atoms with Gasteiger partial charge in [-0.2, -0.15) is 5.10 Å². The smallest absolute Gasteiger partial charge is 0.284 e. The summed E-state index contributed by atoms with van der Waals surface area (Å²) in [5.74, 6) is 1.91. The van der Waals surface area contributed by atoms with Crippen LogP contribution in [0.2, 0.25) is 0 Å². The Bertz CT molecular complexity index is 1170. The number of methoxy groups -OCH3 is 1. The van der Waals surface area contributed by atoms with E-state index >= 15 is 0 Å². The molecule has 0 fully saturated rings. The van der Waals surface area contributed by atoms with E-state index in [1.807, 2.05) is 0 Å². The number of amides is 1. The first-order chi connectivity index (χ1) is 15.0. The number of nitro benzene ring substituents is 1. The number of nitro groups is 1. The number of hydrazone groups is 1. The number of nitrogens with one attached hydrogen (secondary N) is 1. The summed E-state index contributed by atoms with van der Waals surface area (Å²) in [4.78, 5) is 22.9. The predicted molar refractivity (Wildman–Crippen MR) is 109 cm³/mol. The molecule has 10 heteroatoms. The lowest BCUT2D eigenvalue weighted by Gasteiger charge is -2.03. The lowest BCUT2D eigenvalue weighted by atomic mass is 10.1. The summed E-state index contributed by atoms with van der Waals surface area (Å²) in [6, 6.07) is 12.9. The first-order valence-electron chi connectivity index (χ1n) is 9.16. The Morgan fingerprint density at radius 1 is 1.19 bits per heavy atom. The summed E-state index contributed by atoms with van der Waals surface area (Å²) >= 11 is 0. The highest BCUT2D eigenvalue weighted by Crippen LogP contribution is 2.34. The Labute approximate surface area is 176 Å². The number of nitrogens with zero attached hydrogens (tertiary/aromatic N) is 2. The molecule has 0 radical (unpaired) electrons. The number of carbonyl (C=O) groups excluding carboxylic acids is 1. The summed E-state index contributed by atoms with van der Waals surface area (Å²) in [6.45, 7) is 0.167. The molecule has 0 bridgehead atoms. The second-order valence-corrected chi connectivity index (χ2v) is 6.50. The second kappa shape index (κ2) is 8.57. The monoisotopic (exact) mass is 423 g/mol. The van der Waals surface area contributed by atoms with Crippen LogP contribution < -0.4 is 19.6 Å².